The monoisotopic (exact) mass is 371 g/mol. The largest absolute Gasteiger partial charge is 0.334 e. The number of hydrogen-bond acceptors (Lipinski definition) is 5. The number of hydrogen-bond donors (Lipinski definition) is 0. The van der Waals surface area contributed by atoms with Gasteiger partial charge in [-0.3, -0.25) is 25.0 Å². The molecule has 0 radical (unpaired) electrons. The molecule has 8 heteroatoms. The van der Waals surface area contributed by atoms with Crippen molar-refractivity contribution in [3.05, 3.63) is 79.9 Å². The van der Waals surface area contributed by atoms with Crippen molar-refractivity contribution in [2.45, 2.75) is 26.8 Å². The fourth-order valence-electron chi connectivity index (χ4n) is 2.58. The van der Waals surface area contributed by atoms with Gasteiger partial charge < -0.3 is 4.90 Å². The first-order valence-electron chi connectivity index (χ1n) is 8.55. The Bertz CT molecular complexity index is 804. The van der Waals surface area contributed by atoms with Crippen LogP contribution in [-0.2, 0) is 6.54 Å². The number of carbonyl (C=O) groups excluding carboxylic acids is 1. The van der Waals surface area contributed by atoms with Gasteiger partial charge in [0.1, 0.15) is 0 Å². The zero-order valence-electron chi connectivity index (χ0n) is 15.2. The lowest BCUT2D eigenvalue weighted by Crippen LogP contribution is -2.32. The highest BCUT2D eigenvalue weighted by Gasteiger charge is 2.23. The van der Waals surface area contributed by atoms with Crippen LogP contribution in [0, 0.1) is 26.1 Å². The molecule has 0 spiro atoms. The highest BCUT2D eigenvalue weighted by molar-refractivity contribution is 5.95. The van der Waals surface area contributed by atoms with Crippen molar-refractivity contribution in [2.75, 3.05) is 6.54 Å². The van der Waals surface area contributed by atoms with Crippen LogP contribution in [0.25, 0.3) is 0 Å². The normalized spacial score (nSPS) is 10.6. The molecule has 0 aliphatic heterocycles. The van der Waals surface area contributed by atoms with Gasteiger partial charge in [0, 0.05) is 25.2 Å². The molecule has 0 bridgehead atoms. The molecule has 2 aromatic rings. The van der Waals surface area contributed by atoms with E-state index in [0.717, 1.165) is 30.2 Å². The Kier molecular flexibility index (Phi) is 6.59. The molecule has 0 heterocycles. The van der Waals surface area contributed by atoms with Crippen molar-refractivity contribution < 1.29 is 14.6 Å². The van der Waals surface area contributed by atoms with Gasteiger partial charge in [0.25, 0.3) is 17.3 Å². The van der Waals surface area contributed by atoms with E-state index in [-0.39, 0.29) is 5.56 Å². The average molecular weight is 371 g/mol. The molecule has 27 heavy (non-hydrogen) atoms. The first-order chi connectivity index (χ1) is 12.8. The van der Waals surface area contributed by atoms with Gasteiger partial charge in [0.2, 0.25) is 0 Å². The van der Waals surface area contributed by atoms with Gasteiger partial charge in [-0.1, -0.05) is 44.2 Å². The topological polar surface area (TPSA) is 107 Å². The molecule has 0 aliphatic carbocycles. The minimum Gasteiger partial charge on any atom is -0.334 e. The van der Waals surface area contributed by atoms with Crippen LogP contribution in [0.2, 0.25) is 0 Å². The number of rotatable bonds is 8. The number of amides is 1. The van der Waals surface area contributed by atoms with Crippen LogP contribution in [0.3, 0.4) is 0 Å². The Morgan fingerprint density at radius 2 is 1.56 bits per heavy atom. The van der Waals surface area contributed by atoms with Gasteiger partial charge in [-0.2, -0.15) is 0 Å². The third kappa shape index (κ3) is 5.60. The van der Waals surface area contributed by atoms with Crippen LogP contribution >= 0.6 is 0 Å². The van der Waals surface area contributed by atoms with Crippen LogP contribution in [0.1, 0.15) is 36.2 Å². The van der Waals surface area contributed by atoms with Gasteiger partial charge in [0.05, 0.1) is 21.5 Å². The molecule has 1 amide bonds. The van der Waals surface area contributed by atoms with E-state index in [4.69, 9.17) is 0 Å². The van der Waals surface area contributed by atoms with Crippen molar-refractivity contribution >= 4 is 17.3 Å². The summed E-state index contributed by atoms with van der Waals surface area (Å²) in [5.41, 5.74) is -0.0998. The van der Waals surface area contributed by atoms with Gasteiger partial charge in [-0.15, -0.1) is 0 Å². The molecule has 0 fully saturated rings. The summed E-state index contributed by atoms with van der Waals surface area (Å²) in [6.45, 7) is 4.83. The predicted octanol–water partition coefficient (Wildman–Crippen LogP) is 4.19. The minimum atomic E-state index is -0.737. The Balaban J connectivity index is 2.38. The first kappa shape index (κ1) is 20.0. The van der Waals surface area contributed by atoms with Crippen molar-refractivity contribution in [3.8, 4) is 0 Å². The van der Waals surface area contributed by atoms with Crippen molar-refractivity contribution in [2.24, 2.45) is 5.92 Å². The Hall–Kier alpha value is -3.29. The van der Waals surface area contributed by atoms with E-state index in [2.05, 4.69) is 0 Å². The van der Waals surface area contributed by atoms with E-state index >= 15 is 0 Å². The number of nitrogens with zero attached hydrogens (tertiary/aromatic N) is 3. The summed E-state index contributed by atoms with van der Waals surface area (Å²) < 4.78 is 0. The standard InChI is InChI=1S/C19H21N3O5/c1-14(2)8-9-20(13-15-6-4-3-5-7-15)19(23)16-10-17(21(24)25)12-18(11-16)22(26)27/h3-7,10-12,14H,8-9,13H2,1-2H3. The molecule has 0 aliphatic rings. The van der Waals surface area contributed by atoms with Crippen LogP contribution in [0.15, 0.2) is 48.5 Å². The summed E-state index contributed by atoms with van der Waals surface area (Å²) in [7, 11) is 0. The quantitative estimate of drug-likeness (QED) is 0.511. The van der Waals surface area contributed by atoms with Crippen LogP contribution in [-0.4, -0.2) is 27.2 Å². The van der Waals surface area contributed by atoms with Crippen LogP contribution in [0.4, 0.5) is 11.4 Å². The zero-order chi connectivity index (χ0) is 20.0. The molecular weight excluding hydrogens is 350 g/mol. The molecule has 2 rings (SSSR count). The van der Waals surface area contributed by atoms with E-state index < -0.39 is 27.1 Å². The molecule has 0 atom stereocenters. The number of nitro groups is 2. The number of carbonyl (C=O) groups is 1. The number of benzene rings is 2. The van der Waals surface area contributed by atoms with E-state index in [0.29, 0.717) is 19.0 Å². The molecule has 2 aromatic carbocycles. The van der Waals surface area contributed by atoms with Crippen LogP contribution in [0.5, 0.6) is 0 Å². The van der Waals surface area contributed by atoms with Gasteiger partial charge in [-0.05, 0) is 17.9 Å². The third-order valence-corrected chi connectivity index (χ3v) is 4.05. The van der Waals surface area contributed by atoms with Gasteiger partial charge >= 0.3 is 0 Å². The maximum Gasteiger partial charge on any atom is 0.277 e. The second-order valence-electron chi connectivity index (χ2n) is 6.65. The fourth-order valence-corrected chi connectivity index (χ4v) is 2.58. The lowest BCUT2D eigenvalue weighted by Gasteiger charge is -2.24. The van der Waals surface area contributed by atoms with Crippen molar-refractivity contribution in [1.29, 1.82) is 0 Å². The van der Waals surface area contributed by atoms with Gasteiger partial charge in [0.15, 0.2) is 0 Å². The molecule has 142 valence electrons. The summed E-state index contributed by atoms with van der Waals surface area (Å²) in [5, 5.41) is 22.2. The van der Waals surface area contributed by atoms with E-state index in [1.165, 1.54) is 0 Å². The highest BCUT2D eigenvalue weighted by Crippen LogP contribution is 2.24. The van der Waals surface area contributed by atoms with Crippen molar-refractivity contribution in [3.63, 3.8) is 0 Å². The van der Waals surface area contributed by atoms with E-state index in [1.807, 2.05) is 44.2 Å². The smallest absolute Gasteiger partial charge is 0.277 e. The molecule has 0 N–H and O–H groups in total. The fraction of sp³-hybridized carbons (Fsp3) is 0.316. The SMILES string of the molecule is CC(C)CCN(Cc1ccccc1)C(=O)c1cc([N+](=O)[O-])cc([N+](=O)[O-])c1. The van der Waals surface area contributed by atoms with Crippen LogP contribution < -0.4 is 0 Å². The Morgan fingerprint density at radius 3 is 2.04 bits per heavy atom. The predicted molar refractivity (Wildman–Crippen MR) is 100 cm³/mol. The molecule has 0 aromatic heterocycles. The lowest BCUT2D eigenvalue weighted by atomic mass is 10.1. The summed E-state index contributed by atoms with van der Waals surface area (Å²) in [4.78, 5) is 35.3. The molecule has 0 saturated carbocycles. The van der Waals surface area contributed by atoms with Crippen molar-refractivity contribution in [1.82, 2.24) is 4.90 Å². The summed E-state index contributed by atoms with van der Waals surface area (Å²) in [6.07, 6.45) is 0.746. The Morgan fingerprint density at radius 1 is 1.00 bits per heavy atom. The number of nitro benzene ring substituents is 2. The number of non-ortho nitro benzene ring substituents is 2. The maximum atomic E-state index is 13.0. The Labute approximate surface area is 156 Å². The highest BCUT2D eigenvalue weighted by atomic mass is 16.6. The minimum absolute atomic E-state index is 0.0596. The summed E-state index contributed by atoms with van der Waals surface area (Å²) in [5.74, 6) is -0.109. The third-order valence-electron chi connectivity index (χ3n) is 4.05. The molecule has 0 saturated heterocycles. The second-order valence-corrected chi connectivity index (χ2v) is 6.65. The summed E-state index contributed by atoms with van der Waals surface area (Å²) in [6, 6.07) is 12.4. The second kappa shape index (κ2) is 8.88. The van der Waals surface area contributed by atoms with E-state index in [9.17, 15) is 25.0 Å². The maximum absolute atomic E-state index is 13.0. The zero-order valence-corrected chi connectivity index (χ0v) is 15.2. The molecular formula is C19H21N3O5. The first-order valence-corrected chi connectivity index (χ1v) is 8.55. The summed E-state index contributed by atoms with van der Waals surface area (Å²) >= 11 is 0. The average Bonchev–Trinajstić information content (AvgIpc) is 2.64. The van der Waals surface area contributed by atoms with E-state index in [1.54, 1.807) is 4.90 Å². The lowest BCUT2D eigenvalue weighted by molar-refractivity contribution is -0.394. The molecule has 0 unspecified atom stereocenters. The van der Waals surface area contributed by atoms with Gasteiger partial charge in [-0.25, -0.2) is 0 Å². The molecule has 8 nitrogen and oxygen atoms in total.